The number of thiophene rings is 1. The van der Waals surface area contributed by atoms with Crippen LogP contribution in [0.15, 0.2) is 41.8 Å². The first-order valence-electron chi connectivity index (χ1n) is 8.07. The predicted octanol–water partition coefficient (Wildman–Crippen LogP) is 2.53. The second-order valence-corrected chi connectivity index (χ2v) is 6.86. The van der Waals surface area contributed by atoms with Crippen LogP contribution in [0.25, 0.3) is 0 Å². The van der Waals surface area contributed by atoms with E-state index in [-0.39, 0.29) is 30.3 Å². The van der Waals surface area contributed by atoms with Crippen molar-refractivity contribution < 1.29 is 9.59 Å². The first-order valence-corrected chi connectivity index (χ1v) is 8.95. The molecule has 3 rings (SSSR count). The highest BCUT2D eigenvalue weighted by Gasteiger charge is 2.23. The van der Waals surface area contributed by atoms with Crippen LogP contribution in [-0.4, -0.2) is 42.4 Å². The predicted molar refractivity (Wildman–Crippen MR) is 103 cm³/mol. The van der Waals surface area contributed by atoms with Gasteiger partial charge in [0.25, 0.3) is 11.8 Å². The lowest BCUT2D eigenvalue weighted by atomic mass is 10.1. The Morgan fingerprint density at radius 3 is 2.68 bits per heavy atom. The second-order valence-electron chi connectivity index (χ2n) is 5.91. The Balaban J connectivity index is 0.00000225. The number of halogens is 1. The Morgan fingerprint density at radius 2 is 2.04 bits per heavy atom. The topological polar surface area (TPSA) is 61.4 Å². The van der Waals surface area contributed by atoms with Crippen molar-refractivity contribution in [3.05, 3.63) is 57.8 Å². The van der Waals surface area contributed by atoms with Gasteiger partial charge in [-0.3, -0.25) is 9.59 Å². The van der Waals surface area contributed by atoms with Gasteiger partial charge in [0.05, 0.1) is 4.88 Å². The lowest BCUT2D eigenvalue weighted by molar-refractivity contribution is 0.0655. The maximum atomic E-state index is 12.6. The highest BCUT2D eigenvalue weighted by molar-refractivity contribution is 7.12. The van der Waals surface area contributed by atoms with Gasteiger partial charge < -0.3 is 15.5 Å². The van der Waals surface area contributed by atoms with Crippen molar-refractivity contribution >= 4 is 35.6 Å². The Hall–Kier alpha value is -1.89. The third-order valence-corrected chi connectivity index (χ3v) is 5.03. The van der Waals surface area contributed by atoms with Gasteiger partial charge >= 0.3 is 0 Å². The van der Waals surface area contributed by atoms with Crippen molar-refractivity contribution in [1.82, 2.24) is 15.5 Å². The van der Waals surface area contributed by atoms with Crippen LogP contribution in [0.5, 0.6) is 0 Å². The summed E-state index contributed by atoms with van der Waals surface area (Å²) in [6.07, 6.45) is 0. The van der Waals surface area contributed by atoms with Gasteiger partial charge in [-0.2, -0.15) is 0 Å². The van der Waals surface area contributed by atoms with Gasteiger partial charge in [-0.05, 0) is 36.1 Å². The van der Waals surface area contributed by atoms with E-state index in [2.05, 4.69) is 17.6 Å². The number of rotatable bonds is 4. The van der Waals surface area contributed by atoms with Crippen molar-refractivity contribution in [3.8, 4) is 0 Å². The molecule has 1 fully saturated rings. The zero-order chi connectivity index (χ0) is 16.9. The maximum absolute atomic E-state index is 12.6. The summed E-state index contributed by atoms with van der Waals surface area (Å²) in [5, 5.41) is 8.06. The van der Waals surface area contributed by atoms with Gasteiger partial charge in [0.15, 0.2) is 0 Å². The van der Waals surface area contributed by atoms with Gasteiger partial charge in [-0.1, -0.05) is 18.2 Å². The number of benzene rings is 1. The van der Waals surface area contributed by atoms with E-state index in [1.54, 1.807) is 6.07 Å². The largest absolute Gasteiger partial charge is 0.347 e. The molecule has 1 atom stereocenters. The van der Waals surface area contributed by atoms with Crippen LogP contribution in [-0.2, 0) is 6.54 Å². The highest BCUT2D eigenvalue weighted by Crippen LogP contribution is 2.12. The molecule has 0 bridgehead atoms. The minimum Gasteiger partial charge on any atom is -0.347 e. The van der Waals surface area contributed by atoms with E-state index in [1.165, 1.54) is 11.3 Å². The smallest absolute Gasteiger partial charge is 0.261 e. The molecule has 1 aliphatic rings. The molecule has 25 heavy (non-hydrogen) atoms. The zero-order valence-corrected chi connectivity index (χ0v) is 15.7. The summed E-state index contributed by atoms with van der Waals surface area (Å²) >= 11 is 1.42. The van der Waals surface area contributed by atoms with Crippen LogP contribution in [0.1, 0.15) is 32.5 Å². The normalized spacial score (nSPS) is 16.8. The van der Waals surface area contributed by atoms with E-state index in [0.29, 0.717) is 17.0 Å². The summed E-state index contributed by atoms with van der Waals surface area (Å²) in [5.41, 5.74) is 1.67. The molecule has 0 radical (unpaired) electrons. The molecule has 0 saturated carbocycles. The summed E-state index contributed by atoms with van der Waals surface area (Å²) in [6.45, 7) is 4.91. The average molecular weight is 380 g/mol. The number of hydrogen-bond acceptors (Lipinski definition) is 4. The van der Waals surface area contributed by atoms with Crippen LogP contribution >= 0.6 is 23.7 Å². The molecule has 0 spiro atoms. The third-order valence-electron chi connectivity index (χ3n) is 4.16. The fraction of sp³-hybridized carbons (Fsp3) is 0.333. The summed E-state index contributed by atoms with van der Waals surface area (Å²) in [5.74, 6) is -0.00188. The van der Waals surface area contributed by atoms with Gasteiger partial charge in [-0.15, -0.1) is 23.7 Å². The lowest BCUT2D eigenvalue weighted by Gasteiger charge is -2.34. The Bertz CT molecular complexity index is 704. The van der Waals surface area contributed by atoms with E-state index >= 15 is 0 Å². The number of amides is 2. The molecule has 2 amide bonds. The van der Waals surface area contributed by atoms with Gasteiger partial charge in [0.1, 0.15) is 0 Å². The van der Waals surface area contributed by atoms with E-state index in [4.69, 9.17) is 0 Å². The fourth-order valence-corrected chi connectivity index (χ4v) is 3.39. The van der Waals surface area contributed by atoms with Crippen molar-refractivity contribution in [2.45, 2.75) is 19.5 Å². The van der Waals surface area contributed by atoms with Crippen LogP contribution in [0.2, 0.25) is 0 Å². The minimum absolute atomic E-state index is 0. The molecular formula is C18H22ClN3O2S. The molecule has 2 aromatic rings. The molecule has 1 saturated heterocycles. The Kier molecular flexibility index (Phi) is 6.99. The standard InChI is InChI=1S/C18H21N3O2S.ClH/c1-13-11-19-8-9-21(13)18(23)15-6-4-14(5-7-15)12-20-17(22)16-3-2-10-24-16;/h2-7,10,13,19H,8-9,11-12H2,1H3,(H,20,22);1H. The molecule has 1 aromatic heterocycles. The first-order chi connectivity index (χ1) is 11.6. The van der Waals surface area contributed by atoms with E-state index in [1.807, 2.05) is 40.6 Å². The van der Waals surface area contributed by atoms with Crippen LogP contribution in [0.4, 0.5) is 0 Å². The fourth-order valence-electron chi connectivity index (χ4n) is 2.75. The molecular weight excluding hydrogens is 358 g/mol. The van der Waals surface area contributed by atoms with E-state index in [0.717, 1.165) is 25.2 Å². The summed E-state index contributed by atoms with van der Waals surface area (Å²) < 4.78 is 0. The molecule has 0 aliphatic carbocycles. The lowest BCUT2D eigenvalue weighted by Crippen LogP contribution is -2.52. The quantitative estimate of drug-likeness (QED) is 0.858. The number of carbonyl (C=O) groups is 2. The van der Waals surface area contributed by atoms with Gasteiger partial charge in [0, 0.05) is 37.8 Å². The van der Waals surface area contributed by atoms with Crippen molar-refractivity contribution in [2.24, 2.45) is 0 Å². The van der Waals surface area contributed by atoms with Crippen LogP contribution in [0.3, 0.4) is 0 Å². The van der Waals surface area contributed by atoms with E-state index in [9.17, 15) is 9.59 Å². The monoisotopic (exact) mass is 379 g/mol. The molecule has 5 nitrogen and oxygen atoms in total. The first kappa shape index (κ1) is 19.4. The molecule has 134 valence electrons. The van der Waals surface area contributed by atoms with E-state index < -0.39 is 0 Å². The third kappa shape index (κ3) is 4.81. The number of nitrogens with one attached hydrogen (secondary N) is 2. The molecule has 1 aliphatic heterocycles. The number of carbonyl (C=O) groups excluding carboxylic acids is 2. The molecule has 1 unspecified atom stereocenters. The molecule has 1 aromatic carbocycles. The summed E-state index contributed by atoms with van der Waals surface area (Å²) in [6, 6.07) is 11.3. The number of hydrogen-bond donors (Lipinski definition) is 2. The Morgan fingerprint density at radius 1 is 1.28 bits per heavy atom. The molecule has 7 heteroatoms. The number of piperazine rings is 1. The molecule has 2 N–H and O–H groups in total. The van der Waals surface area contributed by atoms with Crippen molar-refractivity contribution in [1.29, 1.82) is 0 Å². The highest BCUT2D eigenvalue weighted by atomic mass is 35.5. The SMILES string of the molecule is CC1CNCCN1C(=O)c1ccc(CNC(=O)c2cccs2)cc1.Cl. The Labute approximate surface area is 157 Å². The van der Waals surface area contributed by atoms with Gasteiger partial charge in [-0.25, -0.2) is 0 Å². The van der Waals surface area contributed by atoms with Crippen molar-refractivity contribution in [3.63, 3.8) is 0 Å². The summed E-state index contributed by atoms with van der Waals surface area (Å²) in [4.78, 5) is 27.1. The molecule has 2 heterocycles. The van der Waals surface area contributed by atoms with Gasteiger partial charge in [0.2, 0.25) is 0 Å². The van der Waals surface area contributed by atoms with Crippen molar-refractivity contribution in [2.75, 3.05) is 19.6 Å². The minimum atomic E-state index is -0.0696. The summed E-state index contributed by atoms with van der Waals surface area (Å²) in [7, 11) is 0. The van der Waals surface area contributed by atoms with Crippen LogP contribution < -0.4 is 10.6 Å². The average Bonchev–Trinajstić information content (AvgIpc) is 3.15. The number of nitrogens with zero attached hydrogens (tertiary/aromatic N) is 1. The zero-order valence-electron chi connectivity index (χ0n) is 14.0. The maximum Gasteiger partial charge on any atom is 0.261 e. The van der Waals surface area contributed by atoms with Crippen LogP contribution in [0, 0.1) is 0 Å². The second kappa shape index (κ2) is 8.99.